The van der Waals surface area contributed by atoms with Crippen molar-refractivity contribution in [1.82, 2.24) is 14.9 Å². The molecular formula is C20H23ClF3N3O2. The molecule has 29 heavy (non-hydrogen) atoms. The van der Waals surface area contributed by atoms with Gasteiger partial charge in [0.2, 0.25) is 5.91 Å². The Kier molecular flexibility index (Phi) is 6.51. The molecule has 1 saturated carbocycles. The number of hydrogen-bond acceptors (Lipinski definition) is 3. The lowest BCUT2D eigenvalue weighted by atomic mass is 9.80. The highest BCUT2D eigenvalue weighted by Crippen LogP contribution is 2.40. The molecule has 1 amide bonds. The number of amides is 1. The second-order valence-electron chi connectivity index (χ2n) is 7.54. The molecule has 2 aromatic rings. The van der Waals surface area contributed by atoms with E-state index in [-0.39, 0.29) is 36.7 Å². The number of nitrogens with one attached hydrogen (secondary N) is 1. The molecule has 0 radical (unpaired) electrons. The minimum atomic E-state index is -4.28. The van der Waals surface area contributed by atoms with E-state index in [0.717, 1.165) is 0 Å². The highest BCUT2D eigenvalue weighted by Gasteiger charge is 2.44. The van der Waals surface area contributed by atoms with E-state index in [1.807, 2.05) is 6.92 Å². The number of H-pyrrole nitrogens is 1. The van der Waals surface area contributed by atoms with Crippen molar-refractivity contribution >= 4 is 28.4 Å². The molecule has 158 valence electrons. The average molecular weight is 430 g/mol. The van der Waals surface area contributed by atoms with Gasteiger partial charge in [-0.05, 0) is 43.9 Å². The van der Waals surface area contributed by atoms with Gasteiger partial charge in [-0.25, -0.2) is 4.98 Å². The van der Waals surface area contributed by atoms with Crippen LogP contribution in [-0.2, 0) is 11.3 Å². The number of alkyl halides is 3. The summed E-state index contributed by atoms with van der Waals surface area (Å²) in [6.45, 7) is 2.30. The Morgan fingerprint density at radius 3 is 2.79 bits per heavy atom. The van der Waals surface area contributed by atoms with Gasteiger partial charge >= 0.3 is 6.18 Å². The Labute approximate surface area is 171 Å². The number of benzene rings is 1. The van der Waals surface area contributed by atoms with Crippen molar-refractivity contribution in [2.75, 3.05) is 6.54 Å². The number of carbonyl (C=O) groups is 1. The molecule has 1 aliphatic rings. The quantitative estimate of drug-likeness (QED) is 0.750. The SMILES string of the molecule is CCCN(Cc1nc2cc(Cl)ccc2c(=O)[nH]1)C(=O)C1CCCC(C(F)(F)F)C1. The first-order valence-corrected chi connectivity index (χ1v) is 10.1. The number of hydrogen-bond donors (Lipinski definition) is 1. The number of aromatic amines is 1. The summed E-state index contributed by atoms with van der Waals surface area (Å²) in [4.78, 5) is 33.8. The van der Waals surface area contributed by atoms with Crippen LogP contribution in [0.4, 0.5) is 13.2 Å². The van der Waals surface area contributed by atoms with E-state index >= 15 is 0 Å². The van der Waals surface area contributed by atoms with Crippen molar-refractivity contribution in [3.05, 3.63) is 39.4 Å². The van der Waals surface area contributed by atoms with E-state index in [4.69, 9.17) is 11.6 Å². The standard InChI is InChI=1S/C20H23ClF3N3O2/c1-2-8-27(19(29)12-4-3-5-13(9-12)20(22,23)24)11-17-25-16-10-14(21)6-7-15(16)18(28)26-17/h6-7,10,12-13H,2-5,8-9,11H2,1H3,(H,25,26,28). The zero-order valence-corrected chi connectivity index (χ0v) is 16.8. The van der Waals surface area contributed by atoms with Crippen molar-refractivity contribution in [2.24, 2.45) is 11.8 Å². The van der Waals surface area contributed by atoms with E-state index in [0.29, 0.717) is 41.7 Å². The molecule has 1 aliphatic carbocycles. The summed E-state index contributed by atoms with van der Waals surface area (Å²) in [5.41, 5.74) is 0.0651. The molecular weight excluding hydrogens is 407 g/mol. The monoisotopic (exact) mass is 429 g/mol. The van der Waals surface area contributed by atoms with E-state index in [1.54, 1.807) is 18.2 Å². The highest BCUT2D eigenvalue weighted by molar-refractivity contribution is 6.31. The Bertz CT molecular complexity index is 945. The molecule has 1 fully saturated rings. The number of aromatic nitrogens is 2. The van der Waals surface area contributed by atoms with Gasteiger partial charge in [0.25, 0.3) is 5.56 Å². The van der Waals surface area contributed by atoms with Gasteiger partial charge in [0.05, 0.1) is 23.4 Å². The topological polar surface area (TPSA) is 66.1 Å². The third kappa shape index (κ3) is 5.10. The minimum absolute atomic E-state index is 0.0392. The first-order chi connectivity index (χ1) is 13.7. The maximum Gasteiger partial charge on any atom is 0.391 e. The first-order valence-electron chi connectivity index (χ1n) is 9.73. The molecule has 1 aromatic carbocycles. The minimum Gasteiger partial charge on any atom is -0.335 e. The molecule has 9 heteroatoms. The van der Waals surface area contributed by atoms with E-state index in [1.165, 1.54) is 4.90 Å². The molecule has 0 bridgehead atoms. The Hall–Kier alpha value is -2.09. The molecule has 0 saturated heterocycles. The zero-order valence-electron chi connectivity index (χ0n) is 16.1. The van der Waals surface area contributed by atoms with Gasteiger partial charge in [0.1, 0.15) is 5.82 Å². The number of nitrogens with zero attached hydrogens (tertiary/aromatic N) is 2. The van der Waals surface area contributed by atoms with Crippen molar-refractivity contribution in [1.29, 1.82) is 0 Å². The molecule has 3 rings (SSSR count). The number of rotatable bonds is 5. The summed E-state index contributed by atoms with van der Waals surface area (Å²) in [5, 5.41) is 0.815. The van der Waals surface area contributed by atoms with Crippen LogP contribution in [0.15, 0.2) is 23.0 Å². The predicted molar refractivity (Wildman–Crippen MR) is 105 cm³/mol. The van der Waals surface area contributed by atoms with Crippen molar-refractivity contribution < 1.29 is 18.0 Å². The second kappa shape index (κ2) is 8.73. The van der Waals surface area contributed by atoms with Crippen LogP contribution >= 0.6 is 11.6 Å². The van der Waals surface area contributed by atoms with Crippen LogP contribution < -0.4 is 5.56 Å². The summed E-state index contributed by atoms with van der Waals surface area (Å²) >= 11 is 5.97. The predicted octanol–water partition coefficient (Wildman–Crippen LogP) is 4.68. The van der Waals surface area contributed by atoms with Gasteiger partial charge in [0, 0.05) is 17.5 Å². The molecule has 1 heterocycles. The fourth-order valence-corrected chi connectivity index (χ4v) is 4.09. The van der Waals surface area contributed by atoms with Gasteiger partial charge < -0.3 is 9.88 Å². The number of carbonyl (C=O) groups excluding carboxylic acids is 1. The third-order valence-electron chi connectivity index (χ3n) is 5.35. The smallest absolute Gasteiger partial charge is 0.335 e. The second-order valence-corrected chi connectivity index (χ2v) is 7.97. The maximum atomic E-state index is 13.1. The lowest BCUT2D eigenvalue weighted by Crippen LogP contribution is -2.40. The van der Waals surface area contributed by atoms with E-state index in [2.05, 4.69) is 9.97 Å². The molecule has 5 nitrogen and oxygen atoms in total. The fourth-order valence-electron chi connectivity index (χ4n) is 3.92. The van der Waals surface area contributed by atoms with Crippen LogP contribution in [0, 0.1) is 11.8 Å². The fraction of sp³-hybridized carbons (Fsp3) is 0.550. The van der Waals surface area contributed by atoms with Crippen molar-refractivity contribution in [2.45, 2.75) is 51.7 Å². The molecule has 2 atom stereocenters. The van der Waals surface area contributed by atoms with Crippen LogP contribution in [0.3, 0.4) is 0 Å². The van der Waals surface area contributed by atoms with Crippen molar-refractivity contribution in [3.8, 4) is 0 Å². The summed E-state index contributed by atoms with van der Waals surface area (Å²) < 4.78 is 39.3. The lowest BCUT2D eigenvalue weighted by Gasteiger charge is -2.33. The Morgan fingerprint density at radius 1 is 1.34 bits per heavy atom. The normalized spacial score (nSPS) is 20.0. The molecule has 1 aromatic heterocycles. The first kappa shape index (κ1) is 21.6. The van der Waals surface area contributed by atoms with Gasteiger partial charge in [-0.1, -0.05) is 24.9 Å². The van der Waals surface area contributed by atoms with E-state index in [9.17, 15) is 22.8 Å². The average Bonchev–Trinajstić information content (AvgIpc) is 2.66. The van der Waals surface area contributed by atoms with Gasteiger partial charge in [-0.3, -0.25) is 9.59 Å². The Morgan fingerprint density at radius 2 is 2.10 bits per heavy atom. The molecule has 0 spiro atoms. The summed E-state index contributed by atoms with van der Waals surface area (Å²) in [6.07, 6.45) is -2.92. The molecule has 2 unspecified atom stereocenters. The summed E-state index contributed by atoms with van der Waals surface area (Å²) in [5.74, 6) is -2.12. The van der Waals surface area contributed by atoms with Gasteiger partial charge in [0.15, 0.2) is 0 Å². The maximum absolute atomic E-state index is 13.1. The van der Waals surface area contributed by atoms with Crippen LogP contribution in [-0.4, -0.2) is 33.5 Å². The lowest BCUT2D eigenvalue weighted by molar-refractivity contribution is -0.187. The van der Waals surface area contributed by atoms with Gasteiger partial charge in [-0.15, -0.1) is 0 Å². The van der Waals surface area contributed by atoms with Crippen LogP contribution in [0.5, 0.6) is 0 Å². The van der Waals surface area contributed by atoms with Crippen LogP contribution in [0.25, 0.3) is 10.9 Å². The van der Waals surface area contributed by atoms with Crippen LogP contribution in [0.2, 0.25) is 5.02 Å². The third-order valence-corrected chi connectivity index (χ3v) is 5.58. The number of fused-ring (bicyclic) bond motifs is 1. The van der Waals surface area contributed by atoms with E-state index < -0.39 is 18.0 Å². The highest BCUT2D eigenvalue weighted by atomic mass is 35.5. The molecule has 0 aliphatic heterocycles. The molecule has 1 N–H and O–H groups in total. The van der Waals surface area contributed by atoms with Crippen LogP contribution in [0.1, 0.15) is 44.9 Å². The Balaban J connectivity index is 1.82. The van der Waals surface area contributed by atoms with Crippen molar-refractivity contribution in [3.63, 3.8) is 0 Å². The number of halogens is 4. The van der Waals surface area contributed by atoms with Gasteiger partial charge in [-0.2, -0.15) is 13.2 Å². The summed E-state index contributed by atoms with van der Waals surface area (Å²) in [6, 6.07) is 4.73. The zero-order chi connectivity index (χ0) is 21.2. The summed E-state index contributed by atoms with van der Waals surface area (Å²) in [7, 11) is 0. The largest absolute Gasteiger partial charge is 0.391 e.